The minimum absolute atomic E-state index is 0.0695. The highest BCUT2D eigenvalue weighted by atomic mass is 19.1. The van der Waals surface area contributed by atoms with Crippen molar-refractivity contribution < 1.29 is 23.8 Å². The SMILES string of the molecule is COCc1cc(OC)c(F)cc1CCCC(=O)O. The maximum atomic E-state index is 13.6. The molecule has 0 amide bonds. The van der Waals surface area contributed by atoms with Gasteiger partial charge in [0.15, 0.2) is 11.6 Å². The van der Waals surface area contributed by atoms with Gasteiger partial charge in [0.1, 0.15) is 0 Å². The van der Waals surface area contributed by atoms with Crippen molar-refractivity contribution in [3.8, 4) is 5.75 Å². The van der Waals surface area contributed by atoms with E-state index in [-0.39, 0.29) is 12.2 Å². The summed E-state index contributed by atoms with van der Waals surface area (Å²) in [6.07, 6.45) is 1.05. The maximum absolute atomic E-state index is 13.6. The summed E-state index contributed by atoms with van der Waals surface area (Å²) in [5.74, 6) is -1.12. The molecule has 0 heterocycles. The Morgan fingerprint density at radius 1 is 1.33 bits per heavy atom. The van der Waals surface area contributed by atoms with E-state index in [1.807, 2.05) is 0 Å². The highest BCUT2D eigenvalue weighted by Crippen LogP contribution is 2.24. The molecule has 4 nitrogen and oxygen atoms in total. The summed E-state index contributed by atoms with van der Waals surface area (Å²) in [6.45, 7) is 0.346. The third-order valence-electron chi connectivity index (χ3n) is 2.61. The second-order valence-corrected chi connectivity index (χ2v) is 3.94. The van der Waals surface area contributed by atoms with Gasteiger partial charge in [0.25, 0.3) is 0 Å². The molecule has 0 aromatic heterocycles. The highest BCUT2D eigenvalue weighted by Gasteiger charge is 2.10. The molecular weight excluding hydrogens is 239 g/mol. The molecule has 1 aromatic rings. The minimum atomic E-state index is -0.850. The van der Waals surface area contributed by atoms with Crippen LogP contribution in [-0.4, -0.2) is 25.3 Å². The first-order chi connectivity index (χ1) is 8.58. The molecule has 5 heteroatoms. The zero-order valence-electron chi connectivity index (χ0n) is 10.5. The average molecular weight is 256 g/mol. The largest absolute Gasteiger partial charge is 0.494 e. The van der Waals surface area contributed by atoms with E-state index in [1.54, 1.807) is 13.2 Å². The van der Waals surface area contributed by atoms with Crippen LogP contribution in [0.1, 0.15) is 24.0 Å². The van der Waals surface area contributed by atoms with Gasteiger partial charge in [-0.1, -0.05) is 0 Å². The van der Waals surface area contributed by atoms with Crippen LogP contribution in [0.3, 0.4) is 0 Å². The lowest BCUT2D eigenvalue weighted by Gasteiger charge is -2.11. The molecule has 0 aliphatic carbocycles. The molecule has 18 heavy (non-hydrogen) atoms. The number of rotatable bonds is 7. The first-order valence-corrected chi connectivity index (χ1v) is 5.64. The summed E-state index contributed by atoms with van der Waals surface area (Å²) in [7, 11) is 2.95. The van der Waals surface area contributed by atoms with E-state index in [4.69, 9.17) is 14.6 Å². The molecule has 0 fully saturated rings. The van der Waals surface area contributed by atoms with Crippen LogP contribution in [0, 0.1) is 5.82 Å². The first kappa shape index (κ1) is 14.4. The number of hydrogen-bond acceptors (Lipinski definition) is 3. The van der Waals surface area contributed by atoms with Crippen LogP contribution in [0.5, 0.6) is 5.75 Å². The smallest absolute Gasteiger partial charge is 0.303 e. The van der Waals surface area contributed by atoms with Crippen LogP contribution < -0.4 is 4.74 Å². The maximum Gasteiger partial charge on any atom is 0.303 e. The molecule has 100 valence electrons. The van der Waals surface area contributed by atoms with E-state index in [0.29, 0.717) is 19.4 Å². The number of carbonyl (C=O) groups is 1. The summed E-state index contributed by atoms with van der Waals surface area (Å²) < 4.78 is 23.5. The molecule has 0 saturated heterocycles. The van der Waals surface area contributed by atoms with Gasteiger partial charge in [-0.3, -0.25) is 4.79 Å². The normalized spacial score (nSPS) is 10.4. The van der Waals surface area contributed by atoms with Crippen LogP contribution in [0.25, 0.3) is 0 Å². The standard InChI is InChI=1S/C13H17FO4/c1-17-8-10-7-12(18-2)11(14)6-9(10)4-3-5-13(15)16/h6-7H,3-5,8H2,1-2H3,(H,15,16). The molecule has 0 saturated carbocycles. The number of hydrogen-bond donors (Lipinski definition) is 1. The Morgan fingerprint density at radius 2 is 2.06 bits per heavy atom. The number of aliphatic carboxylic acids is 1. The topological polar surface area (TPSA) is 55.8 Å². The molecule has 0 radical (unpaired) electrons. The fourth-order valence-electron chi connectivity index (χ4n) is 1.75. The fraction of sp³-hybridized carbons (Fsp3) is 0.462. The predicted molar refractivity (Wildman–Crippen MR) is 64.2 cm³/mol. The zero-order valence-corrected chi connectivity index (χ0v) is 10.5. The Hall–Kier alpha value is -1.62. The molecule has 1 N–H and O–H groups in total. The van der Waals surface area contributed by atoms with Crippen molar-refractivity contribution in [2.24, 2.45) is 0 Å². The molecule has 1 rings (SSSR count). The molecule has 0 unspecified atom stereocenters. The molecular formula is C13H17FO4. The average Bonchev–Trinajstić information content (AvgIpc) is 2.32. The highest BCUT2D eigenvalue weighted by molar-refractivity contribution is 5.66. The number of methoxy groups -OCH3 is 2. The Balaban J connectivity index is 2.86. The Morgan fingerprint density at radius 3 is 2.61 bits per heavy atom. The molecule has 1 aromatic carbocycles. The predicted octanol–water partition coefficient (Wildman–Crippen LogP) is 2.39. The number of carboxylic acids is 1. The number of carboxylic acid groups (broad SMARTS) is 1. The number of halogens is 1. The van der Waals surface area contributed by atoms with Gasteiger partial charge < -0.3 is 14.6 Å². The Bertz CT molecular complexity index is 418. The van der Waals surface area contributed by atoms with Gasteiger partial charge in [-0.25, -0.2) is 4.39 Å². The lowest BCUT2D eigenvalue weighted by molar-refractivity contribution is -0.137. The molecule has 0 aliphatic rings. The third kappa shape index (κ3) is 4.00. The first-order valence-electron chi connectivity index (χ1n) is 5.64. The zero-order chi connectivity index (χ0) is 13.5. The van der Waals surface area contributed by atoms with Gasteiger partial charge >= 0.3 is 5.97 Å². The summed E-state index contributed by atoms with van der Waals surface area (Å²) in [5.41, 5.74) is 1.58. The van der Waals surface area contributed by atoms with Crippen molar-refractivity contribution in [1.29, 1.82) is 0 Å². The van der Waals surface area contributed by atoms with Crippen molar-refractivity contribution in [2.75, 3.05) is 14.2 Å². The second-order valence-electron chi connectivity index (χ2n) is 3.94. The minimum Gasteiger partial charge on any atom is -0.494 e. The van der Waals surface area contributed by atoms with E-state index >= 15 is 0 Å². The van der Waals surface area contributed by atoms with Gasteiger partial charge in [0.05, 0.1) is 13.7 Å². The number of benzene rings is 1. The molecule has 0 bridgehead atoms. The third-order valence-corrected chi connectivity index (χ3v) is 2.61. The van der Waals surface area contributed by atoms with E-state index in [2.05, 4.69) is 0 Å². The second kappa shape index (κ2) is 6.96. The lowest BCUT2D eigenvalue weighted by Crippen LogP contribution is -2.02. The van der Waals surface area contributed by atoms with Crippen molar-refractivity contribution in [1.82, 2.24) is 0 Å². The van der Waals surface area contributed by atoms with Crippen molar-refractivity contribution in [2.45, 2.75) is 25.9 Å². The van der Waals surface area contributed by atoms with Crippen LogP contribution >= 0.6 is 0 Å². The Kier molecular flexibility index (Phi) is 5.58. The lowest BCUT2D eigenvalue weighted by atomic mass is 10.0. The van der Waals surface area contributed by atoms with Crippen LogP contribution in [0.2, 0.25) is 0 Å². The number of aryl methyl sites for hydroxylation is 1. The Labute approximate surface area is 105 Å². The summed E-state index contributed by atoms with van der Waals surface area (Å²) in [5, 5.41) is 8.58. The van der Waals surface area contributed by atoms with Crippen LogP contribution in [0.4, 0.5) is 4.39 Å². The van der Waals surface area contributed by atoms with E-state index < -0.39 is 11.8 Å². The molecule has 0 atom stereocenters. The van der Waals surface area contributed by atoms with Crippen LogP contribution in [0.15, 0.2) is 12.1 Å². The molecule has 0 spiro atoms. The summed E-state index contributed by atoms with van der Waals surface area (Å²) in [4.78, 5) is 10.4. The summed E-state index contributed by atoms with van der Waals surface area (Å²) in [6, 6.07) is 2.98. The van der Waals surface area contributed by atoms with Gasteiger partial charge in [-0.15, -0.1) is 0 Å². The molecule has 0 aliphatic heterocycles. The van der Waals surface area contributed by atoms with E-state index in [9.17, 15) is 9.18 Å². The van der Waals surface area contributed by atoms with Crippen LogP contribution in [-0.2, 0) is 22.6 Å². The quantitative estimate of drug-likeness (QED) is 0.813. The number of ether oxygens (including phenoxy) is 2. The van der Waals surface area contributed by atoms with Gasteiger partial charge in [0.2, 0.25) is 0 Å². The van der Waals surface area contributed by atoms with Gasteiger partial charge in [0, 0.05) is 13.5 Å². The van der Waals surface area contributed by atoms with E-state index in [1.165, 1.54) is 13.2 Å². The van der Waals surface area contributed by atoms with E-state index in [0.717, 1.165) is 11.1 Å². The monoisotopic (exact) mass is 256 g/mol. The van der Waals surface area contributed by atoms with Gasteiger partial charge in [-0.2, -0.15) is 0 Å². The summed E-state index contributed by atoms with van der Waals surface area (Å²) >= 11 is 0. The van der Waals surface area contributed by atoms with Crippen molar-refractivity contribution in [3.63, 3.8) is 0 Å². The van der Waals surface area contributed by atoms with Crippen molar-refractivity contribution in [3.05, 3.63) is 29.1 Å². The van der Waals surface area contributed by atoms with Crippen molar-refractivity contribution >= 4 is 5.97 Å². The van der Waals surface area contributed by atoms with Gasteiger partial charge in [-0.05, 0) is 36.1 Å². The fourth-order valence-corrected chi connectivity index (χ4v) is 1.75.